The molecule has 0 saturated heterocycles. The molecule has 1 N–H and O–H groups in total. The van der Waals surface area contributed by atoms with Gasteiger partial charge in [0.1, 0.15) is 11.8 Å². The van der Waals surface area contributed by atoms with Crippen LogP contribution in [0.4, 0.5) is 5.69 Å². The van der Waals surface area contributed by atoms with Crippen molar-refractivity contribution in [3.63, 3.8) is 0 Å². The number of nitro benzene ring substituents is 1. The Morgan fingerprint density at radius 2 is 2.00 bits per heavy atom. The smallest absolute Gasteiger partial charge is 0.311 e. The molecule has 0 aliphatic heterocycles. The van der Waals surface area contributed by atoms with Gasteiger partial charge in [-0.1, -0.05) is 30.7 Å². The van der Waals surface area contributed by atoms with Crippen molar-refractivity contribution in [3.05, 3.63) is 63.2 Å². The minimum absolute atomic E-state index is 0.0167. The van der Waals surface area contributed by atoms with E-state index in [2.05, 4.69) is 5.32 Å². The summed E-state index contributed by atoms with van der Waals surface area (Å²) in [5.41, 5.74) is 0.549. The number of hydrogen-bond acceptors (Lipinski definition) is 6. The SMILES string of the molecule is CCCNC(=O)[C@H](C)N(Cc1cccc(Cl)c1)C(=O)COc1ccc([N+](=O)[O-])c(OC)c1. The fraction of sp³-hybridized carbons (Fsp3) is 0.364. The van der Waals surface area contributed by atoms with Crippen LogP contribution in [0.1, 0.15) is 25.8 Å². The minimum Gasteiger partial charge on any atom is -0.490 e. The summed E-state index contributed by atoms with van der Waals surface area (Å²) in [6.07, 6.45) is 0.770. The standard InChI is InChI=1S/C22H26ClN3O6/c1-4-10-24-22(28)15(2)25(13-16-6-5-7-17(23)11-16)21(27)14-32-18-8-9-19(26(29)30)20(12-18)31-3/h5-9,11-12,15H,4,10,13-14H2,1-3H3,(H,24,28)/t15-/m0/s1. The van der Waals surface area contributed by atoms with Crippen molar-refractivity contribution in [1.29, 1.82) is 0 Å². The summed E-state index contributed by atoms with van der Waals surface area (Å²) in [5.74, 6) is -0.463. The summed E-state index contributed by atoms with van der Waals surface area (Å²) in [4.78, 5) is 37.4. The first-order valence-corrected chi connectivity index (χ1v) is 10.4. The van der Waals surface area contributed by atoms with Crippen molar-refractivity contribution < 1.29 is 24.0 Å². The summed E-state index contributed by atoms with van der Waals surface area (Å²) in [7, 11) is 1.31. The van der Waals surface area contributed by atoms with Crippen LogP contribution in [0.5, 0.6) is 11.5 Å². The molecular formula is C22H26ClN3O6. The molecule has 10 heteroatoms. The van der Waals surface area contributed by atoms with Crippen molar-refractivity contribution in [2.75, 3.05) is 20.3 Å². The third-order valence-electron chi connectivity index (χ3n) is 4.67. The second-order valence-electron chi connectivity index (χ2n) is 7.00. The molecule has 0 spiro atoms. The number of rotatable bonds is 11. The van der Waals surface area contributed by atoms with E-state index < -0.39 is 16.9 Å². The first-order valence-electron chi connectivity index (χ1n) is 10.0. The van der Waals surface area contributed by atoms with Crippen molar-refractivity contribution in [2.24, 2.45) is 0 Å². The van der Waals surface area contributed by atoms with Crippen molar-refractivity contribution in [1.82, 2.24) is 10.2 Å². The Kier molecular flexibility index (Phi) is 9.27. The van der Waals surface area contributed by atoms with Crippen LogP contribution in [-0.2, 0) is 16.1 Å². The van der Waals surface area contributed by atoms with Crippen molar-refractivity contribution in [2.45, 2.75) is 32.9 Å². The highest BCUT2D eigenvalue weighted by Crippen LogP contribution is 2.30. The van der Waals surface area contributed by atoms with Crippen molar-refractivity contribution >= 4 is 29.1 Å². The van der Waals surface area contributed by atoms with Gasteiger partial charge in [-0.15, -0.1) is 0 Å². The third-order valence-corrected chi connectivity index (χ3v) is 4.90. The van der Waals surface area contributed by atoms with Crippen molar-refractivity contribution in [3.8, 4) is 11.5 Å². The Labute approximate surface area is 191 Å². The average molecular weight is 464 g/mol. The van der Waals surface area contributed by atoms with E-state index in [1.54, 1.807) is 25.1 Å². The van der Waals surface area contributed by atoms with E-state index in [4.69, 9.17) is 21.1 Å². The molecule has 2 amide bonds. The lowest BCUT2D eigenvalue weighted by Crippen LogP contribution is -2.49. The van der Waals surface area contributed by atoms with Crippen LogP contribution in [-0.4, -0.2) is 47.9 Å². The van der Waals surface area contributed by atoms with Crippen LogP contribution in [0.15, 0.2) is 42.5 Å². The highest BCUT2D eigenvalue weighted by molar-refractivity contribution is 6.30. The molecule has 0 unspecified atom stereocenters. The number of hydrogen-bond donors (Lipinski definition) is 1. The maximum atomic E-state index is 13.0. The minimum atomic E-state index is -0.747. The maximum absolute atomic E-state index is 13.0. The van der Waals surface area contributed by atoms with Gasteiger partial charge in [0.2, 0.25) is 11.7 Å². The Bertz CT molecular complexity index is 968. The van der Waals surface area contributed by atoms with Crippen LogP contribution in [0.3, 0.4) is 0 Å². The molecule has 2 aromatic carbocycles. The summed E-state index contributed by atoms with van der Waals surface area (Å²) >= 11 is 6.06. The van der Waals surface area contributed by atoms with E-state index in [0.717, 1.165) is 12.0 Å². The first kappa shape index (κ1) is 24.9. The molecule has 0 bridgehead atoms. The monoisotopic (exact) mass is 463 g/mol. The molecular weight excluding hydrogens is 438 g/mol. The molecule has 32 heavy (non-hydrogen) atoms. The van der Waals surface area contributed by atoms with Gasteiger partial charge in [0, 0.05) is 30.2 Å². The van der Waals surface area contributed by atoms with Gasteiger partial charge in [0.05, 0.1) is 12.0 Å². The Morgan fingerprint density at radius 3 is 2.62 bits per heavy atom. The number of amides is 2. The lowest BCUT2D eigenvalue weighted by Gasteiger charge is -2.28. The van der Waals surface area contributed by atoms with Gasteiger partial charge in [0.25, 0.3) is 5.91 Å². The fourth-order valence-electron chi connectivity index (χ4n) is 2.94. The number of benzene rings is 2. The van der Waals surface area contributed by atoms with Gasteiger partial charge in [-0.3, -0.25) is 19.7 Å². The first-order chi connectivity index (χ1) is 15.3. The number of ether oxygens (including phenoxy) is 2. The summed E-state index contributed by atoms with van der Waals surface area (Å²) in [6, 6.07) is 10.2. The van der Waals surface area contributed by atoms with E-state index >= 15 is 0 Å². The predicted molar refractivity (Wildman–Crippen MR) is 120 cm³/mol. The summed E-state index contributed by atoms with van der Waals surface area (Å²) in [6.45, 7) is 3.87. The largest absolute Gasteiger partial charge is 0.490 e. The number of carbonyl (C=O) groups is 2. The lowest BCUT2D eigenvalue weighted by molar-refractivity contribution is -0.385. The Morgan fingerprint density at radius 1 is 1.25 bits per heavy atom. The van der Waals surface area contributed by atoms with Gasteiger partial charge in [-0.25, -0.2) is 0 Å². The highest BCUT2D eigenvalue weighted by atomic mass is 35.5. The average Bonchev–Trinajstić information content (AvgIpc) is 2.78. The van der Waals surface area contributed by atoms with E-state index in [1.807, 2.05) is 13.0 Å². The second kappa shape index (κ2) is 11.9. The van der Waals surface area contributed by atoms with Gasteiger partial charge >= 0.3 is 5.69 Å². The van der Waals surface area contributed by atoms with E-state index in [-0.39, 0.29) is 36.2 Å². The molecule has 0 heterocycles. The number of halogens is 1. The number of nitrogens with zero attached hydrogens (tertiary/aromatic N) is 2. The van der Waals surface area contributed by atoms with Crippen LogP contribution in [0.2, 0.25) is 5.02 Å². The van der Waals surface area contributed by atoms with Gasteiger partial charge in [-0.2, -0.15) is 0 Å². The number of nitro groups is 1. The van der Waals surface area contributed by atoms with Gasteiger partial charge in [-0.05, 0) is 37.1 Å². The topological polar surface area (TPSA) is 111 Å². The van der Waals surface area contributed by atoms with Crippen LogP contribution >= 0.6 is 11.6 Å². The molecule has 0 aliphatic rings. The molecule has 0 fully saturated rings. The molecule has 9 nitrogen and oxygen atoms in total. The van der Waals surface area contributed by atoms with Gasteiger partial charge in [0.15, 0.2) is 6.61 Å². The fourth-order valence-corrected chi connectivity index (χ4v) is 3.15. The summed E-state index contributed by atoms with van der Waals surface area (Å²) in [5, 5.41) is 14.3. The maximum Gasteiger partial charge on any atom is 0.311 e. The molecule has 0 radical (unpaired) electrons. The molecule has 0 aliphatic carbocycles. The van der Waals surface area contributed by atoms with E-state index in [1.165, 1.54) is 30.2 Å². The molecule has 2 aromatic rings. The molecule has 2 rings (SSSR count). The molecule has 1 atom stereocenters. The highest BCUT2D eigenvalue weighted by Gasteiger charge is 2.26. The Balaban J connectivity index is 2.18. The quantitative estimate of drug-likeness (QED) is 0.402. The molecule has 0 saturated carbocycles. The lowest BCUT2D eigenvalue weighted by atomic mass is 10.1. The molecule has 0 aromatic heterocycles. The zero-order chi connectivity index (χ0) is 23.7. The third kappa shape index (κ3) is 6.84. The number of carbonyl (C=O) groups excluding carboxylic acids is 2. The molecule has 172 valence electrons. The van der Waals surface area contributed by atoms with Gasteiger partial charge < -0.3 is 19.7 Å². The van der Waals surface area contributed by atoms with Crippen LogP contribution in [0.25, 0.3) is 0 Å². The van der Waals surface area contributed by atoms with E-state index in [0.29, 0.717) is 11.6 Å². The zero-order valence-electron chi connectivity index (χ0n) is 18.2. The zero-order valence-corrected chi connectivity index (χ0v) is 18.9. The Hall–Kier alpha value is -3.33. The second-order valence-corrected chi connectivity index (χ2v) is 7.43. The van der Waals surface area contributed by atoms with Crippen LogP contribution in [0, 0.1) is 10.1 Å². The predicted octanol–water partition coefficient (Wildman–Crippen LogP) is 3.58. The van der Waals surface area contributed by atoms with E-state index in [9.17, 15) is 19.7 Å². The normalized spacial score (nSPS) is 11.4. The number of nitrogens with one attached hydrogen (secondary N) is 1. The summed E-state index contributed by atoms with van der Waals surface area (Å²) < 4.78 is 10.6. The number of methoxy groups -OCH3 is 1. The van der Waals surface area contributed by atoms with Crippen LogP contribution < -0.4 is 14.8 Å².